The van der Waals surface area contributed by atoms with Gasteiger partial charge in [0.05, 0.1) is 34.1 Å². The predicted molar refractivity (Wildman–Crippen MR) is 175 cm³/mol. The molecule has 0 saturated carbocycles. The van der Waals surface area contributed by atoms with Crippen molar-refractivity contribution in [2.75, 3.05) is 44.8 Å². The highest BCUT2D eigenvalue weighted by atomic mass is 32.1. The van der Waals surface area contributed by atoms with Gasteiger partial charge < -0.3 is 40.3 Å². The minimum atomic E-state index is -0.249. The molecule has 11 nitrogen and oxygen atoms in total. The van der Waals surface area contributed by atoms with E-state index >= 15 is 0 Å². The third-order valence-electron chi connectivity index (χ3n) is 6.76. The van der Waals surface area contributed by atoms with Crippen molar-refractivity contribution in [3.63, 3.8) is 0 Å². The van der Waals surface area contributed by atoms with Gasteiger partial charge in [0.1, 0.15) is 27.1 Å². The zero-order chi connectivity index (χ0) is 30.8. The summed E-state index contributed by atoms with van der Waals surface area (Å²) in [5, 5.41) is 10.4. The van der Waals surface area contributed by atoms with Crippen LogP contribution in [0.4, 0.5) is 22.3 Å². The van der Waals surface area contributed by atoms with Crippen molar-refractivity contribution in [3.05, 3.63) is 71.7 Å². The van der Waals surface area contributed by atoms with Crippen LogP contribution in [-0.4, -0.2) is 49.3 Å². The number of hydrogen-bond donors (Lipinski definition) is 4. The number of anilines is 4. The molecule has 13 heteroatoms. The summed E-state index contributed by atoms with van der Waals surface area (Å²) in [6.45, 7) is 0. The number of hydrogen-bond acceptors (Lipinski definition) is 11. The van der Waals surface area contributed by atoms with Crippen LogP contribution in [0.2, 0.25) is 0 Å². The fraction of sp³-hybridized carbons (Fsp3) is 0.129. The fourth-order valence-electron chi connectivity index (χ4n) is 4.64. The number of amides is 1. The number of ether oxygens (including phenoxy) is 4. The Labute approximate surface area is 260 Å². The van der Waals surface area contributed by atoms with E-state index in [-0.39, 0.29) is 5.91 Å². The second kappa shape index (κ2) is 12.1. The molecule has 3 heterocycles. The van der Waals surface area contributed by atoms with E-state index in [1.54, 1.807) is 46.6 Å². The molecule has 0 fully saturated rings. The van der Waals surface area contributed by atoms with Crippen LogP contribution in [0.1, 0.15) is 10.5 Å². The summed E-state index contributed by atoms with van der Waals surface area (Å²) in [6.07, 6.45) is 0. The van der Waals surface area contributed by atoms with Crippen molar-refractivity contribution in [2.45, 2.75) is 0 Å². The third-order valence-corrected chi connectivity index (χ3v) is 8.74. The molecule has 0 aliphatic heterocycles. The van der Waals surface area contributed by atoms with Crippen molar-refractivity contribution in [1.29, 1.82) is 0 Å². The van der Waals surface area contributed by atoms with Crippen LogP contribution >= 0.6 is 22.7 Å². The highest BCUT2D eigenvalue weighted by Gasteiger charge is 2.18. The number of fused-ring (bicyclic) bond motifs is 1. The molecule has 0 aliphatic carbocycles. The molecule has 44 heavy (non-hydrogen) atoms. The van der Waals surface area contributed by atoms with E-state index in [0.717, 1.165) is 37.8 Å². The minimum Gasteiger partial charge on any atom is -0.497 e. The fourth-order valence-corrected chi connectivity index (χ4v) is 6.47. The maximum Gasteiger partial charge on any atom is 0.272 e. The van der Waals surface area contributed by atoms with Gasteiger partial charge in [0, 0.05) is 45.4 Å². The van der Waals surface area contributed by atoms with Crippen molar-refractivity contribution in [2.24, 2.45) is 0 Å². The van der Waals surface area contributed by atoms with Crippen LogP contribution in [0.5, 0.6) is 23.0 Å². The summed E-state index contributed by atoms with van der Waals surface area (Å²) in [7, 11) is 6.29. The van der Waals surface area contributed by atoms with Crippen molar-refractivity contribution < 1.29 is 23.7 Å². The van der Waals surface area contributed by atoms with Gasteiger partial charge in [-0.05, 0) is 36.4 Å². The van der Waals surface area contributed by atoms with Crippen LogP contribution < -0.4 is 35.3 Å². The first-order chi connectivity index (χ1) is 21.4. The van der Waals surface area contributed by atoms with Gasteiger partial charge in [-0.2, -0.15) is 0 Å². The summed E-state index contributed by atoms with van der Waals surface area (Å²) >= 11 is 2.85. The Morgan fingerprint density at radius 2 is 1.68 bits per heavy atom. The molecule has 0 bridgehead atoms. The van der Waals surface area contributed by atoms with Gasteiger partial charge >= 0.3 is 0 Å². The molecular weight excluding hydrogens is 601 g/mol. The van der Waals surface area contributed by atoms with Crippen molar-refractivity contribution in [3.8, 4) is 44.1 Å². The van der Waals surface area contributed by atoms with Crippen molar-refractivity contribution >= 4 is 61.8 Å². The Kier molecular flexibility index (Phi) is 7.96. The molecule has 0 unspecified atom stereocenters. The number of methoxy groups -OCH3 is 4. The van der Waals surface area contributed by atoms with Gasteiger partial charge in [-0.3, -0.25) is 4.79 Å². The minimum absolute atomic E-state index is 0.249. The smallest absolute Gasteiger partial charge is 0.272 e. The van der Waals surface area contributed by atoms with Crippen LogP contribution in [0.15, 0.2) is 66.0 Å². The maximum absolute atomic E-state index is 13.0. The summed E-state index contributed by atoms with van der Waals surface area (Å²) in [6, 6.07) is 18.5. The second-order valence-corrected chi connectivity index (χ2v) is 11.3. The topological polar surface area (TPSA) is 146 Å². The zero-order valence-corrected chi connectivity index (χ0v) is 25.8. The average molecular weight is 629 g/mol. The molecule has 224 valence electrons. The van der Waals surface area contributed by atoms with E-state index < -0.39 is 0 Å². The van der Waals surface area contributed by atoms with Gasteiger partial charge in [-0.15, -0.1) is 11.3 Å². The normalized spacial score (nSPS) is 10.9. The Balaban J connectivity index is 1.19. The summed E-state index contributed by atoms with van der Waals surface area (Å²) in [4.78, 5) is 26.2. The van der Waals surface area contributed by atoms with E-state index in [1.807, 2.05) is 47.8 Å². The van der Waals surface area contributed by atoms with E-state index in [1.165, 1.54) is 22.7 Å². The number of nitrogens with one attached hydrogen (secondary N) is 3. The molecular formula is C31H28N6O5S2. The molecule has 0 radical (unpaired) electrons. The lowest BCUT2D eigenvalue weighted by Crippen LogP contribution is -2.12. The van der Waals surface area contributed by atoms with E-state index in [2.05, 4.69) is 20.6 Å². The predicted octanol–water partition coefficient (Wildman–Crippen LogP) is 7.03. The number of benzene rings is 3. The van der Waals surface area contributed by atoms with E-state index in [4.69, 9.17) is 29.7 Å². The summed E-state index contributed by atoms with van der Waals surface area (Å²) in [5.41, 5.74) is 10.6. The largest absolute Gasteiger partial charge is 0.497 e. The van der Waals surface area contributed by atoms with Crippen LogP contribution in [0, 0.1) is 0 Å². The molecule has 6 aromatic rings. The first kappa shape index (κ1) is 28.8. The molecule has 1 amide bonds. The molecule has 5 N–H and O–H groups in total. The van der Waals surface area contributed by atoms with Gasteiger partial charge in [-0.25, -0.2) is 9.97 Å². The van der Waals surface area contributed by atoms with Gasteiger partial charge in [-0.1, -0.05) is 23.5 Å². The quantitative estimate of drug-likeness (QED) is 0.126. The number of carbonyl (C=O) groups is 1. The van der Waals surface area contributed by atoms with E-state index in [0.29, 0.717) is 45.3 Å². The maximum atomic E-state index is 13.0. The van der Waals surface area contributed by atoms with Crippen LogP contribution in [-0.2, 0) is 0 Å². The van der Waals surface area contributed by atoms with Gasteiger partial charge in [0.25, 0.3) is 5.91 Å². The lowest BCUT2D eigenvalue weighted by atomic mass is 10.1. The summed E-state index contributed by atoms with van der Waals surface area (Å²) in [5.74, 6) is 2.37. The molecule has 6 rings (SSSR count). The number of aromatic nitrogens is 3. The van der Waals surface area contributed by atoms with Crippen LogP contribution in [0.3, 0.4) is 0 Å². The number of nitrogens with zero attached hydrogens (tertiary/aromatic N) is 2. The number of rotatable bonds is 10. The first-order valence-electron chi connectivity index (χ1n) is 13.3. The van der Waals surface area contributed by atoms with Crippen molar-refractivity contribution in [1.82, 2.24) is 15.0 Å². The second-order valence-electron chi connectivity index (χ2n) is 9.48. The molecule has 0 aliphatic rings. The Morgan fingerprint density at radius 3 is 2.41 bits per heavy atom. The lowest BCUT2D eigenvalue weighted by Gasteiger charge is -2.14. The highest BCUT2D eigenvalue weighted by Crippen LogP contribution is 2.43. The number of carbonyl (C=O) groups excluding carboxylic acids is 1. The molecule has 0 saturated heterocycles. The first-order valence-corrected chi connectivity index (χ1v) is 15.0. The molecule has 0 atom stereocenters. The van der Waals surface area contributed by atoms with Crippen LogP contribution in [0.25, 0.3) is 32.0 Å². The molecule has 3 aromatic heterocycles. The van der Waals surface area contributed by atoms with E-state index in [9.17, 15) is 4.79 Å². The number of H-pyrrole nitrogens is 1. The Morgan fingerprint density at radius 1 is 0.886 bits per heavy atom. The third kappa shape index (κ3) is 5.70. The number of nitrogen functional groups attached to an aromatic ring is 1. The SMILES string of the molecule is COc1ccc2[nH]c(C(=O)Nc3cccc(-c4csc(-c5sc(Nc6cc(OC)c(OC)c(OC)c6)nc5N)n4)c3)cc2c1. The molecule has 0 spiro atoms. The Hall–Kier alpha value is -5.27. The zero-order valence-electron chi connectivity index (χ0n) is 24.2. The standard InChI is InChI=1S/C31H28N6O5S2/c1-39-20-8-9-21-17(11-20)12-22(35-21)29(38)33-18-7-5-6-16(10-18)23-15-43-30(36-23)27-28(32)37-31(44-27)34-19-13-24(40-2)26(42-4)25(14-19)41-3/h5-15,35H,32H2,1-4H3,(H,33,38)(H,34,37). The van der Waals surface area contributed by atoms with Gasteiger partial charge in [0.2, 0.25) is 5.75 Å². The molecule has 3 aromatic carbocycles. The average Bonchev–Trinajstić information content (AvgIpc) is 3.78. The Bertz CT molecular complexity index is 1960. The highest BCUT2D eigenvalue weighted by molar-refractivity contribution is 7.23. The number of aromatic amines is 1. The van der Waals surface area contributed by atoms with Gasteiger partial charge in [0.15, 0.2) is 16.6 Å². The number of nitrogens with two attached hydrogens (primary N) is 1. The monoisotopic (exact) mass is 628 g/mol. The number of thiazole rings is 2. The summed E-state index contributed by atoms with van der Waals surface area (Å²) < 4.78 is 21.6. The lowest BCUT2D eigenvalue weighted by molar-refractivity contribution is 0.102.